The fourth-order valence-electron chi connectivity index (χ4n) is 2.06. The molecule has 1 N–H and O–H groups in total. The number of benzene rings is 1. The van der Waals surface area contributed by atoms with E-state index in [9.17, 15) is 0 Å². The quantitative estimate of drug-likeness (QED) is 0.708. The Morgan fingerprint density at radius 3 is 2.95 bits per heavy atom. The molecule has 6 heteroatoms. The standard InChI is InChI=1S/C15H18N4S2/c1-10(2)19-9-11(8-17-19)7-16-12-4-5-13-14(6-12)21-15(18-13)20-3/h4-6,8-10,16H,7H2,1-3H3. The minimum atomic E-state index is 0.400. The highest BCUT2D eigenvalue weighted by Gasteiger charge is 2.05. The number of anilines is 1. The van der Waals surface area contributed by atoms with Gasteiger partial charge in [0.05, 0.1) is 16.4 Å². The van der Waals surface area contributed by atoms with Crippen molar-refractivity contribution in [1.29, 1.82) is 0 Å². The van der Waals surface area contributed by atoms with Gasteiger partial charge in [0.1, 0.15) is 0 Å². The molecule has 21 heavy (non-hydrogen) atoms. The predicted molar refractivity (Wildman–Crippen MR) is 91.3 cm³/mol. The highest BCUT2D eigenvalue weighted by molar-refractivity contribution is 8.00. The topological polar surface area (TPSA) is 42.7 Å². The fraction of sp³-hybridized carbons (Fsp3) is 0.333. The molecular weight excluding hydrogens is 300 g/mol. The Morgan fingerprint density at radius 1 is 1.38 bits per heavy atom. The average molecular weight is 318 g/mol. The van der Waals surface area contributed by atoms with Crippen molar-refractivity contribution in [1.82, 2.24) is 14.8 Å². The Morgan fingerprint density at radius 2 is 2.24 bits per heavy atom. The first-order valence-corrected chi connectivity index (χ1v) is 8.91. The first-order valence-electron chi connectivity index (χ1n) is 6.87. The molecule has 2 heterocycles. The molecule has 0 amide bonds. The van der Waals surface area contributed by atoms with Crippen LogP contribution < -0.4 is 5.32 Å². The van der Waals surface area contributed by atoms with E-state index in [2.05, 4.69) is 59.9 Å². The monoisotopic (exact) mass is 318 g/mol. The van der Waals surface area contributed by atoms with Crippen LogP contribution in [-0.2, 0) is 6.54 Å². The molecule has 2 aromatic heterocycles. The molecule has 0 unspecified atom stereocenters. The van der Waals surface area contributed by atoms with Crippen LogP contribution in [0.5, 0.6) is 0 Å². The molecule has 0 aliphatic carbocycles. The van der Waals surface area contributed by atoms with Gasteiger partial charge >= 0.3 is 0 Å². The summed E-state index contributed by atoms with van der Waals surface area (Å²) in [5, 5.41) is 7.81. The number of hydrogen-bond acceptors (Lipinski definition) is 5. The number of thioether (sulfide) groups is 1. The van der Waals surface area contributed by atoms with E-state index in [0.29, 0.717) is 6.04 Å². The van der Waals surface area contributed by atoms with Gasteiger partial charge in [-0.25, -0.2) is 4.98 Å². The van der Waals surface area contributed by atoms with Crippen LogP contribution in [0.15, 0.2) is 34.9 Å². The molecule has 0 radical (unpaired) electrons. The summed E-state index contributed by atoms with van der Waals surface area (Å²) in [7, 11) is 0. The zero-order valence-electron chi connectivity index (χ0n) is 12.3. The summed E-state index contributed by atoms with van der Waals surface area (Å²) in [6, 6.07) is 6.72. The summed E-state index contributed by atoms with van der Waals surface area (Å²) < 4.78 is 4.32. The number of nitrogens with zero attached hydrogens (tertiary/aromatic N) is 3. The molecule has 0 aliphatic heterocycles. The Bertz CT molecular complexity index is 745. The normalized spacial score (nSPS) is 11.4. The summed E-state index contributed by atoms with van der Waals surface area (Å²) in [5.74, 6) is 0. The van der Waals surface area contributed by atoms with E-state index in [1.807, 2.05) is 10.9 Å². The summed E-state index contributed by atoms with van der Waals surface area (Å²) >= 11 is 3.43. The summed E-state index contributed by atoms with van der Waals surface area (Å²) in [6.45, 7) is 5.04. The third-order valence-electron chi connectivity index (χ3n) is 3.22. The maximum Gasteiger partial charge on any atom is 0.150 e. The van der Waals surface area contributed by atoms with Gasteiger partial charge in [-0.2, -0.15) is 5.10 Å². The molecule has 0 saturated carbocycles. The smallest absolute Gasteiger partial charge is 0.150 e. The van der Waals surface area contributed by atoms with E-state index >= 15 is 0 Å². The minimum Gasteiger partial charge on any atom is -0.381 e. The van der Waals surface area contributed by atoms with Crippen LogP contribution in [0.4, 0.5) is 5.69 Å². The molecule has 0 saturated heterocycles. The second-order valence-electron chi connectivity index (χ2n) is 5.14. The molecular formula is C15H18N4S2. The Hall–Kier alpha value is -1.53. The molecule has 0 aliphatic rings. The van der Waals surface area contributed by atoms with Crippen LogP contribution in [0.2, 0.25) is 0 Å². The van der Waals surface area contributed by atoms with Crippen molar-refractivity contribution in [2.75, 3.05) is 11.6 Å². The van der Waals surface area contributed by atoms with Crippen LogP contribution in [0.25, 0.3) is 10.2 Å². The van der Waals surface area contributed by atoms with E-state index in [1.165, 1.54) is 10.3 Å². The Balaban J connectivity index is 1.72. The summed E-state index contributed by atoms with van der Waals surface area (Å²) in [4.78, 5) is 4.55. The molecule has 3 rings (SSSR count). The van der Waals surface area contributed by atoms with Crippen molar-refractivity contribution < 1.29 is 0 Å². The van der Waals surface area contributed by atoms with E-state index in [4.69, 9.17) is 0 Å². The maximum absolute atomic E-state index is 4.55. The van der Waals surface area contributed by atoms with Gasteiger partial charge in [-0.05, 0) is 38.3 Å². The average Bonchev–Trinajstić information content (AvgIpc) is 3.10. The lowest BCUT2D eigenvalue weighted by atomic mass is 10.3. The highest BCUT2D eigenvalue weighted by atomic mass is 32.2. The van der Waals surface area contributed by atoms with Gasteiger partial charge < -0.3 is 5.32 Å². The van der Waals surface area contributed by atoms with Gasteiger partial charge in [0.15, 0.2) is 4.34 Å². The second-order valence-corrected chi connectivity index (χ2v) is 7.23. The molecule has 110 valence electrons. The number of rotatable bonds is 5. The van der Waals surface area contributed by atoms with Gasteiger partial charge in [-0.3, -0.25) is 4.68 Å². The number of nitrogens with one attached hydrogen (secondary N) is 1. The fourth-order valence-corrected chi connectivity index (χ4v) is 3.58. The van der Waals surface area contributed by atoms with E-state index in [1.54, 1.807) is 23.1 Å². The van der Waals surface area contributed by atoms with E-state index in [-0.39, 0.29) is 0 Å². The van der Waals surface area contributed by atoms with Crippen molar-refractivity contribution in [3.05, 3.63) is 36.2 Å². The van der Waals surface area contributed by atoms with Crippen LogP contribution in [0, 0.1) is 0 Å². The largest absolute Gasteiger partial charge is 0.381 e. The number of thiazole rings is 1. The lowest BCUT2D eigenvalue weighted by Crippen LogP contribution is -2.01. The minimum absolute atomic E-state index is 0.400. The van der Waals surface area contributed by atoms with Crippen molar-refractivity contribution in [3.63, 3.8) is 0 Å². The zero-order chi connectivity index (χ0) is 14.8. The third-order valence-corrected chi connectivity index (χ3v) is 5.23. The molecule has 0 atom stereocenters. The number of aromatic nitrogens is 3. The molecule has 0 spiro atoms. The SMILES string of the molecule is CSc1nc2ccc(NCc3cnn(C(C)C)c3)cc2s1. The van der Waals surface area contributed by atoms with Crippen LogP contribution in [0.1, 0.15) is 25.5 Å². The van der Waals surface area contributed by atoms with Crippen molar-refractivity contribution in [2.24, 2.45) is 0 Å². The second kappa shape index (κ2) is 6.07. The number of hydrogen-bond donors (Lipinski definition) is 1. The van der Waals surface area contributed by atoms with Crippen LogP contribution in [0.3, 0.4) is 0 Å². The van der Waals surface area contributed by atoms with E-state index < -0.39 is 0 Å². The molecule has 3 aromatic rings. The lowest BCUT2D eigenvalue weighted by molar-refractivity contribution is 0.532. The molecule has 1 aromatic carbocycles. The Labute approximate surface area is 132 Å². The summed E-state index contributed by atoms with van der Waals surface area (Å²) in [6.07, 6.45) is 6.07. The third kappa shape index (κ3) is 3.22. The maximum atomic E-state index is 4.55. The first-order chi connectivity index (χ1) is 10.2. The zero-order valence-corrected chi connectivity index (χ0v) is 14.0. The lowest BCUT2D eigenvalue weighted by Gasteiger charge is -2.05. The van der Waals surface area contributed by atoms with Crippen LogP contribution >= 0.6 is 23.1 Å². The highest BCUT2D eigenvalue weighted by Crippen LogP contribution is 2.30. The number of fused-ring (bicyclic) bond motifs is 1. The molecule has 4 nitrogen and oxygen atoms in total. The predicted octanol–water partition coefficient (Wildman–Crippen LogP) is 4.41. The van der Waals surface area contributed by atoms with Gasteiger partial charge in [-0.15, -0.1) is 11.3 Å². The van der Waals surface area contributed by atoms with Crippen molar-refractivity contribution in [2.45, 2.75) is 30.8 Å². The van der Waals surface area contributed by atoms with Gasteiger partial charge in [-0.1, -0.05) is 11.8 Å². The Kier molecular flexibility index (Phi) is 4.17. The van der Waals surface area contributed by atoms with E-state index in [0.717, 1.165) is 22.1 Å². The first kappa shape index (κ1) is 14.4. The summed E-state index contributed by atoms with van der Waals surface area (Å²) in [5.41, 5.74) is 3.39. The van der Waals surface area contributed by atoms with Gasteiger partial charge in [0, 0.05) is 30.0 Å². The molecule has 0 bridgehead atoms. The molecule has 0 fully saturated rings. The van der Waals surface area contributed by atoms with Crippen molar-refractivity contribution in [3.8, 4) is 0 Å². The van der Waals surface area contributed by atoms with Crippen molar-refractivity contribution >= 4 is 39.0 Å². The van der Waals surface area contributed by atoms with Gasteiger partial charge in [0.25, 0.3) is 0 Å². The van der Waals surface area contributed by atoms with Gasteiger partial charge in [0.2, 0.25) is 0 Å². The van der Waals surface area contributed by atoms with Crippen LogP contribution in [-0.4, -0.2) is 21.0 Å².